The van der Waals surface area contributed by atoms with Gasteiger partial charge in [-0.15, -0.1) is 0 Å². The van der Waals surface area contributed by atoms with Gasteiger partial charge < -0.3 is 9.47 Å². The van der Waals surface area contributed by atoms with Crippen molar-refractivity contribution in [2.24, 2.45) is 5.92 Å². The zero-order chi connectivity index (χ0) is 11.3. The largest absolute Gasteiger partial charge is 0.469 e. The lowest BCUT2D eigenvalue weighted by molar-refractivity contribution is -0.153. The van der Waals surface area contributed by atoms with Crippen molar-refractivity contribution in [2.45, 2.75) is 45.1 Å². The summed E-state index contributed by atoms with van der Waals surface area (Å²) in [5, 5.41) is 0. The van der Waals surface area contributed by atoms with E-state index in [9.17, 15) is 9.59 Å². The van der Waals surface area contributed by atoms with Gasteiger partial charge in [-0.3, -0.25) is 9.59 Å². The molecule has 0 amide bonds. The Labute approximate surface area is 89.9 Å². The van der Waals surface area contributed by atoms with Gasteiger partial charge in [-0.1, -0.05) is 6.92 Å². The Hall–Kier alpha value is -1.06. The molecule has 4 nitrogen and oxygen atoms in total. The average molecular weight is 214 g/mol. The summed E-state index contributed by atoms with van der Waals surface area (Å²) in [4.78, 5) is 22.3. The van der Waals surface area contributed by atoms with E-state index in [1.54, 1.807) is 6.92 Å². The molecular formula is C11H18O4. The van der Waals surface area contributed by atoms with Gasteiger partial charge in [0.15, 0.2) is 0 Å². The van der Waals surface area contributed by atoms with Crippen LogP contribution in [0.2, 0.25) is 0 Å². The minimum Gasteiger partial charge on any atom is -0.469 e. The molecule has 1 aliphatic carbocycles. The van der Waals surface area contributed by atoms with E-state index < -0.39 is 0 Å². The van der Waals surface area contributed by atoms with E-state index in [0.717, 1.165) is 25.7 Å². The maximum absolute atomic E-state index is 11.2. The second-order valence-corrected chi connectivity index (χ2v) is 3.84. The van der Waals surface area contributed by atoms with E-state index in [0.29, 0.717) is 6.42 Å². The first-order valence-corrected chi connectivity index (χ1v) is 5.44. The summed E-state index contributed by atoms with van der Waals surface area (Å²) in [6.07, 6.45) is 3.47. The van der Waals surface area contributed by atoms with Crippen molar-refractivity contribution in [3.05, 3.63) is 0 Å². The van der Waals surface area contributed by atoms with Gasteiger partial charge in [0.1, 0.15) is 6.10 Å². The lowest BCUT2D eigenvalue weighted by atomic mass is 9.87. The van der Waals surface area contributed by atoms with E-state index in [1.165, 1.54) is 7.11 Å². The van der Waals surface area contributed by atoms with Gasteiger partial charge in [0, 0.05) is 6.42 Å². The molecule has 0 aromatic heterocycles. The number of methoxy groups -OCH3 is 1. The maximum atomic E-state index is 11.2. The SMILES string of the molecule is CCC(=O)OC1CCC(C(=O)OC)CC1. The summed E-state index contributed by atoms with van der Waals surface area (Å²) in [7, 11) is 1.41. The van der Waals surface area contributed by atoms with Crippen molar-refractivity contribution in [3.8, 4) is 0 Å². The average Bonchev–Trinajstić information content (AvgIpc) is 2.29. The summed E-state index contributed by atoms with van der Waals surface area (Å²) in [6, 6.07) is 0. The summed E-state index contributed by atoms with van der Waals surface area (Å²) in [6.45, 7) is 1.78. The maximum Gasteiger partial charge on any atom is 0.308 e. The molecule has 0 saturated heterocycles. The monoisotopic (exact) mass is 214 g/mol. The van der Waals surface area contributed by atoms with Gasteiger partial charge in [0.05, 0.1) is 13.0 Å². The molecule has 0 aromatic carbocycles. The smallest absolute Gasteiger partial charge is 0.308 e. The molecule has 0 aliphatic heterocycles. The van der Waals surface area contributed by atoms with Crippen LogP contribution in [-0.2, 0) is 19.1 Å². The molecule has 1 rings (SSSR count). The van der Waals surface area contributed by atoms with Crippen molar-refractivity contribution in [1.82, 2.24) is 0 Å². The fourth-order valence-electron chi connectivity index (χ4n) is 1.85. The minimum absolute atomic E-state index is 0.00152. The van der Waals surface area contributed by atoms with Crippen LogP contribution < -0.4 is 0 Å². The Kier molecular flexibility index (Phi) is 4.59. The Balaban J connectivity index is 2.29. The number of ether oxygens (including phenoxy) is 2. The van der Waals surface area contributed by atoms with Gasteiger partial charge in [-0.05, 0) is 25.7 Å². The van der Waals surface area contributed by atoms with Crippen molar-refractivity contribution < 1.29 is 19.1 Å². The predicted octanol–water partition coefficient (Wildman–Crippen LogP) is 1.67. The van der Waals surface area contributed by atoms with E-state index in [1.807, 2.05) is 0 Å². The molecule has 0 bridgehead atoms. The van der Waals surface area contributed by atoms with Crippen molar-refractivity contribution in [1.29, 1.82) is 0 Å². The highest BCUT2D eigenvalue weighted by molar-refractivity contribution is 5.72. The highest BCUT2D eigenvalue weighted by atomic mass is 16.5. The molecule has 1 fully saturated rings. The Morgan fingerprint density at radius 1 is 1.20 bits per heavy atom. The van der Waals surface area contributed by atoms with Gasteiger partial charge in [0.2, 0.25) is 0 Å². The fraction of sp³-hybridized carbons (Fsp3) is 0.818. The highest BCUT2D eigenvalue weighted by Gasteiger charge is 2.28. The molecule has 86 valence electrons. The van der Waals surface area contributed by atoms with Gasteiger partial charge in [-0.2, -0.15) is 0 Å². The lowest BCUT2D eigenvalue weighted by Gasteiger charge is -2.26. The predicted molar refractivity (Wildman–Crippen MR) is 54.1 cm³/mol. The molecule has 0 heterocycles. The third-order valence-electron chi connectivity index (χ3n) is 2.80. The second kappa shape index (κ2) is 5.73. The van der Waals surface area contributed by atoms with Crippen molar-refractivity contribution >= 4 is 11.9 Å². The molecule has 0 radical (unpaired) electrons. The molecule has 15 heavy (non-hydrogen) atoms. The van der Waals surface area contributed by atoms with Crippen LogP contribution in [0.4, 0.5) is 0 Å². The summed E-state index contributed by atoms with van der Waals surface area (Å²) < 4.78 is 9.89. The van der Waals surface area contributed by atoms with Crippen molar-refractivity contribution in [3.63, 3.8) is 0 Å². The quantitative estimate of drug-likeness (QED) is 0.670. The Morgan fingerprint density at radius 2 is 1.80 bits per heavy atom. The third kappa shape index (κ3) is 3.53. The molecule has 0 unspecified atom stereocenters. The minimum atomic E-state index is -0.156. The van der Waals surface area contributed by atoms with Crippen LogP contribution in [0.5, 0.6) is 0 Å². The van der Waals surface area contributed by atoms with Crippen LogP contribution in [0.25, 0.3) is 0 Å². The summed E-state index contributed by atoms with van der Waals surface area (Å²) in [5.41, 5.74) is 0. The Morgan fingerprint density at radius 3 is 2.27 bits per heavy atom. The standard InChI is InChI=1S/C11H18O4/c1-3-10(12)15-9-6-4-8(5-7-9)11(13)14-2/h8-9H,3-7H2,1-2H3. The van der Waals surface area contributed by atoms with E-state index >= 15 is 0 Å². The number of hydrogen-bond donors (Lipinski definition) is 0. The molecule has 1 saturated carbocycles. The number of rotatable bonds is 3. The van der Waals surface area contributed by atoms with E-state index in [2.05, 4.69) is 4.74 Å². The van der Waals surface area contributed by atoms with Crippen LogP contribution in [-0.4, -0.2) is 25.2 Å². The lowest BCUT2D eigenvalue weighted by Crippen LogP contribution is -2.28. The van der Waals surface area contributed by atoms with E-state index in [-0.39, 0.29) is 24.0 Å². The normalized spacial score (nSPS) is 25.7. The second-order valence-electron chi connectivity index (χ2n) is 3.84. The number of hydrogen-bond acceptors (Lipinski definition) is 4. The number of carbonyl (C=O) groups is 2. The van der Waals surface area contributed by atoms with Crippen LogP contribution >= 0.6 is 0 Å². The summed E-state index contributed by atoms with van der Waals surface area (Å²) in [5.74, 6) is -0.307. The van der Waals surface area contributed by atoms with Gasteiger partial charge >= 0.3 is 11.9 Å². The zero-order valence-corrected chi connectivity index (χ0v) is 9.32. The van der Waals surface area contributed by atoms with E-state index in [4.69, 9.17) is 4.74 Å². The molecule has 4 heteroatoms. The molecule has 0 spiro atoms. The van der Waals surface area contributed by atoms with Crippen LogP contribution in [0.15, 0.2) is 0 Å². The highest BCUT2D eigenvalue weighted by Crippen LogP contribution is 2.27. The molecule has 0 aromatic rings. The van der Waals surface area contributed by atoms with Gasteiger partial charge in [-0.25, -0.2) is 0 Å². The fourth-order valence-corrected chi connectivity index (χ4v) is 1.85. The molecule has 0 atom stereocenters. The summed E-state index contributed by atoms with van der Waals surface area (Å²) >= 11 is 0. The molecular weight excluding hydrogens is 196 g/mol. The Bertz CT molecular complexity index is 229. The first kappa shape index (κ1) is 12.0. The van der Waals surface area contributed by atoms with Crippen LogP contribution in [0.3, 0.4) is 0 Å². The van der Waals surface area contributed by atoms with Crippen LogP contribution in [0, 0.1) is 5.92 Å². The van der Waals surface area contributed by atoms with Crippen molar-refractivity contribution in [2.75, 3.05) is 7.11 Å². The number of esters is 2. The topological polar surface area (TPSA) is 52.6 Å². The first-order chi connectivity index (χ1) is 7.17. The zero-order valence-electron chi connectivity index (χ0n) is 9.32. The first-order valence-electron chi connectivity index (χ1n) is 5.44. The van der Waals surface area contributed by atoms with Crippen LogP contribution in [0.1, 0.15) is 39.0 Å². The van der Waals surface area contributed by atoms with Gasteiger partial charge in [0.25, 0.3) is 0 Å². The number of carbonyl (C=O) groups excluding carboxylic acids is 2. The molecule has 0 N–H and O–H groups in total. The molecule has 1 aliphatic rings. The third-order valence-corrected chi connectivity index (χ3v) is 2.80.